The quantitative estimate of drug-likeness (QED) is 0.806. The van der Waals surface area contributed by atoms with Gasteiger partial charge in [0, 0.05) is 6.04 Å². The predicted octanol–water partition coefficient (Wildman–Crippen LogP) is 2.55. The molecule has 1 aliphatic rings. The number of hydrogen-bond acceptors (Lipinski definition) is 3. The molecule has 1 aromatic carbocycles. The van der Waals surface area contributed by atoms with Crippen LogP contribution in [0, 0.1) is 0 Å². The molecule has 0 saturated heterocycles. The first-order valence-corrected chi connectivity index (χ1v) is 5.61. The van der Waals surface area contributed by atoms with Crippen LogP contribution in [0.4, 0.5) is 8.78 Å². The maximum Gasteiger partial charge on any atom is 0.292 e. The van der Waals surface area contributed by atoms with Crippen LogP contribution in [0.1, 0.15) is 18.9 Å². The van der Waals surface area contributed by atoms with E-state index in [9.17, 15) is 8.78 Å². The first kappa shape index (κ1) is 12.1. The van der Waals surface area contributed by atoms with E-state index in [1.807, 2.05) is 25.1 Å². The summed E-state index contributed by atoms with van der Waals surface area (Å²) >= 11 is 0. The lowest BCUT2D eigenvalue weighted by molar-refractivity contribution is 0.0914. The van der Waals surface area contributed by atoms with Crippen molar-refractivity contribution in [1.82, 2.24) is 5.32 Å². The van der Waals surface area contributed by atoms with Gasteiger partial charge in [0.25, 0.3) is 6.55 Å². The highest BCUT2D eigenvalue weighted by molar-refractivity contribution is 5.44. The van der Waals surface area contributed by atoms with Crippen LogP contribution in [0.25, 0.3) is 0 Å². The maximum absolute atomic E-state index is 12.2. The van der Waals surface area contributed by atoms with Gasteiger partial charge in [0.05, 0.1) is 0 Å². The molecule has 1 N–H and O–H groups in total. The summed E-state index contributed by atoms with van der Waals surface area (Å²) in [6.07, 6.45) is 1.20. The van der Waals surface area contributed by atoms with Gasteiger partial charge in [-0.2, -0.15) is 8.78 Å². The second-order valence-corrected chi connectivity index (χ2v) is 3.96. The Hall–Kier alpha value is -1.36. The van der Waals surface area contributed by atoms with Crippen molar-refractivity contribution in [3.63, 3.8) is 0 Å². The summed E-state index contributed by atoms with van der Waals surface area (Å²) in [5, 5.41) is 2.24. The first-order valence-electron chi connectivity index (χ1n) is 5.61. The van der Waals surface area contributed by atoms with Crippen LogP contribution in [0.5, 0.6) is 11.5 Å². The van der Waals surface area contributed by atoms with Crippen molar-refractivity contribution in [3.05, 3.63) is 23.8 Å². The molecule has 0 aromatic heterocycles. The van der Waals surface area contributed by atoms with E-state index in [-0.39, 0.29) is 12.8 Å². The molecular formula is C12H15F2NO2. The summed E-state index contributed by atoms with van der Waals surface area (Å²) in [5.74, 6) is 1.40. The number of rotatable bonds is 5. The van der Waals surface area contributed by atoms with Crippen molar-refractivity contribution in [3.8, 4) is 11.5 Å². The highest BCUT2D eigenvalue weighted by Crippen LogP contribution is 2.32. The molecule has 0 spiro atoms. The van der Waals surface area contributed by atoms with E-state index >= 15 is 0 Å². The summed E-state index contributed by atoms with van der Waals surface area (Å²) in [6.45, 7) is -0.368. The molecule has 0 amide bonds. The van der Waals surface area contributed by atoms with Crippen LogP contribution in [0.3, 0.4) is 0 Å². The van der Waals surface area contributed by atoms with Crippen LogP contribution in [-0.2, 0) is 6.42 Å². The zero-order chi connectivity index (χ0) is 12.3. The molecule has 1 atom stereocenters. The van der Waals surface area contributed by atoms with Crippen molar-refractivity contribution < 1.29 is 18.3 Å². The Morgan fingerprint density at radius 1 is 1.29 bits per heavy atom. The number of ether oxygens (including phenoxy) is 2. The molecule has 0 saturated carbocycles. The fourth-order valence-electron chi connectivity index (χ4n) is 1.85. The third-order valence-electron chi connectivity index (χ3n) is 2.77. The summed E-state index contributed by atoms with van der Waals surface area (Å²) in [5.41, 5.74) is 0.967. The summed E-state index contributed by atoms with van der Waals surface area (Å²) in [7, 11) is 0. The van der Waals surface area contributed by atoms with E-state index in [1.165, 1.54) is 0 Å². The Morgan fingerprint density at radius 2 is 2.06 bits per heavy atom. The molecule has 0 radical (unpaired) electrons. The normalized spacial score (nSPS) is 15.3. The highest BCUT2D eigenvalue weighted by Gasteiger charge is 2.16. The first-order chi connectivity index (χ1) is 8.19. The molecule has 3 nitrogen and oxygen atoms in total. The van der Waals surface area contributed by atoms with E-state index in [0.29, 0.717) is 24.3 Å². The largest absolute Gasteiger partial charge is 0.454 e. The average Bonchev–Trinajstić information content (AvgIpc) is 2.74. The molecule has 0 aliphatic carbocycles. The lowest BCUT2D eigenvalue weighted by Gasteiger charge is -2.16. The number of alkyl halides is 2. The highest BCUT2D eigenvalue weighted by atomic mass is 19.3. The van der Waals surface area contributed by atoms with Crippen LogP contribution in [0.2, 0.25) is 0 Å². The van der Waals surface area contributed by atoms with Crippen LogP contribution in [0.15, 0.2) is 18.2 Å². The van der Waals surface area contributed by atoms with Gasteiger partial charge in [0.2, 0.25) is 6.79 Å². The van der Waals surface area contributed by atoms with Gasteiger partial charge in [-0.25, -0.2) is 0 Å². The third-order valence-corrected chi connectivity index (χ3v) is 2.77. The fraction of sp³-hybridized carbons (Fsp3) is 0.500. The van der Waals surface area contributed by atoms with E-state index in [0.717, 1.165) is 5.56 Å². The smallest absolute Gasteiger partial charge is 0.292 e. The van der Waals surface area contributed by atoms with Gasteiger partial charge in [-0.15, -0.1) is 0 Å². The molecule has 94 valence electrons. The predicted molar refractivity (Wildman–Crippen MR) is 59.5 cm³/mol. The number of fused-ring (bicyclic) bond motifs is 1. The monoisotopic (exact) mass is 243 g/mol. The molecule has 1 aromatic rings. The lowest BCUT2D eigenvalue weighted by atomic mass is 10.0. The Balaban J connectivity index is 2.02. The minimum atomic E-state index is -2.48. The molecule has 0 bridgehead atoms. The third kappa shape index (κ3) is 3.06. The second kappa shape index (κ2) is 5.31. The van der Waals surface area contributed by atoms with Crippen LogP contribution < -0.4 is 14.8 Å². The maximum atomic E-state index is 12.2. The summed E-state index contributed by atoms with van der Waals surface area (Å²) < 4.78 is 34.9. The Morgan fingerprint density at radius 3 is 2.76 bits per heavy atom. The molecular weight excluding hydrogens is 228 g/mol. The standard InChI is InChI=1S/C12H15F2NO2/c1-2-9(15-12(13)14)5-8-3-4-10-11(6-8)17-7-16-10/h3-4,6,9,12,15H,2,5,7H2,1H3. The molecule has 0 fully saturated rings. The van der Waals surface area contributed by atoms with Crippen molar-refractivity contribution >= 4 is 0 Å². The summed E-state index contributed by atoms with van der Waals surface area (Å²) in [4.78, 5) is 0. The van der Waals surface area contributed by atoms with E-state index in [4.69, 9.17) is 9.47 Å². The van der Waals surface area contributed by atoms with Gasteiger partial charge in [-0.05, 0) is 30.5 Å². The van der Waals surface area contributed by atoms with Gasteiger partial charge < -0.3 is 9.47 Å². The van der Waals surface area contributed by atoms with Gasteiger partial charge in [0.15, 0.2) is 11.5 Å². The second-order valence-electron chi connectivity index (χ2n) is 3.96. The van der Waals surface area contributed by atoms with Crippen molar-refractivity contribution in [1.29, 1.82) is 0 Å². The molecule has 5 heteroatoms. The van der Waals surface area contributed by atoms with Gasteiger partial charge in [0.1, 0.15) is 0 Å². The zero-order valence-corrected chi connectivity index (χ0v) is 9.58. The van der Waals surface area contributed by atoms with E-state index in [1.54, 1.807) is 0 Å². The van der Waals surface area contributed by atoms with Gasteiger partial charge >= 0.3 is 0 Å². The number of nitrogens with one attached hydrogen (secondary N) is 1. The van der Waals surface area contributed by atoms with Crippen molar-refractivity contribution in [2.75, 3.05) is 6.79 Å². The Bertz CT molecular complexity index is 385. The Kier molecular flexibility index (Phi) is 3.78. The van der Waals surface area contributed by atoms with Crippen LogP contribution >= 0.6 is 0 Å². The minimum absolute atomic E-state index is 0.227. The van der Waals surface area contributed by atoms with Crippen molar-refractivity contribution in [2.24, 2.45) is 0 Å². The van der Waals surface area contributed by atoms with E-state index in [2.05, 4.69) is 5.32 Å². The zero-order valence-electron chi connectivity index (χ0n) is 9.58. The molecule has 17 heavy (non-hydrogen) atoms. The number of benzene rings is 1. The topological polar surface area (TPSA) is 30.5 Å². The van der Waals surface area contributed by atoms with Crippen LogP contribution in [-0.4, -0.2) is 19.4 Å². The van der Waals surface area contributed by atoms with Gasteiger partial charge in [-0.1, -0.05) is 13.0 Å². The Labute approximate surface area is 98.7 Å². The lowest BCUT2D eigenvalue weighted by Crippen LogP contribution is -2.34. The summed E-state index contributed by atoms with van der Waals surface area (Å²) in [6, 6.07) is 5.31. The molecule has 1 heterocycles. The number of halogens is 2. The fourth-order valence-corrected chi connectivity index (χ4v) is 1.85. The number of hydrogen-bond donors (Lipinski definition) is 1. The van der Waals surface area contributed by atoms with Gasteiger partial charge in [-0.3, -0.25) is 5.32 Å². The SMILES string of the molecule is CCC(Cc1ccc2c(c1)OCO2)NC(F)F. The average molecular weight is 243 g/mol. The van der Waals surface area contributed by atoms with Crippen molar-refractivity contribution in [2.45, 2.75) is 32.4 Å². The molecule has 1 unspecified atom stereocenters. The minimum Gasteiger partial charge on any atom is -0.454 e. The molecule has 2 rings (SSSR count). The van der Waals surface area contributed by atoms with E-state index < -0.39 is 6.55 Å². The molecule has 1 aliphatic heterocycles.